The van der Waals surface area contributed by atoms with E-state index in [9.17, 15) is 4.79 Å². The summed E-state index contributed by atoms with van der Waals surface area (Å²) in [5.74, 6) is 1.04. The number of carbonyl (C=O) groups is 1. The van der Waals surface area contributed by atoms with Crippen molar-refractivity contribution in [1.82, 2.24) is 19.8 Å². The molecule has 1 amide bonds. The Bertz CT molecular complexity index is 1650. The van der Waals surface area contributed by atoms with Crippen molar-refractivity contribution in [2.45, 2.75) is 46.3 Å². The molecule has 2 atom stereocenters. The van der Waals surface area contributed by atoms with Gasteiger partial charge in [0.25, 0.3) is 0 Å². The highest BCUT2D eigenvalue weighted by atomic mass is 16.5. The molecule has 0 spiro atoms. The number of ether oxygens (including phenoxy) is 2. The number of rotatable bonds is 14. The maximum Gasteiger partial charge on any atom is 0.232 e. The Morgan fingerprint density at radius 3 is 2.50 bits per heavy atom. The topological polar surface area (TPSA) is 160 Å². The van der Waals surface area contributed by atoms with Crippen molar-refractivity contribution in [3.05, 3.63) is 71.5 Å². The van der Waals surface area contributed by atoms with Gasteiger partial charge < -0.3 is 25.0 Å². The van der Waals surface area contributed by atoms with Crippen LogP contribution in [0, 0.1) is 16.7 Å². The number of aliphatic imine (C=N–C) groups is 1. The van der Waals surface area contributed by atoms with Gasteiger partial charge in [-0.2, -0.15) is 0 Å². The summed E-state index contributed by atoms with van der Waals surface area (Å²) >= 11 is 0. The molecule has 2 aliphatic rings. The number of amides is 1. The lowest BCUT2D eigenvalue weighted by molar-refractivity contribution is -0.122. The van der Waals surface area contributed by atoms with Crippen LogP contribution in [0.1, 0.15) is 50.9 Å². The number of piperazine rings is 1. The lowest BCUT2D eigenvalue weighted by Gasteiger charge is -2.40. The van der Waals surface area contributed by atoms with Gasteiger partial charge in [0.2, 0.25) is 11.8 Å². The third-order valence-electron chi connectivity index (χ3n) is 9.25. The summed E-state index contributed by atoms with van der Waals surface area (Å²) in [4.78, 5) is 35.1. The van der Waals surface area contributed by atoms with Crippen molar-refractivity contribution in [3.8, 4) is 5.88 Å². The molecule has 0 radical (unpaired) electrons. The van der Waals surface area contributed by atoms with Crippen molar-refractivity contribution in [2.75, 3.05) is 74.7 Å². The van der Waals surface area contributed by atoms with Gasteiger partial charge in [0.05, 0.1) is 36.8 Å². The number of pyridine rings is 2. The minimum Gasteiger partial charge on any atom is -0.475 e. The van der Waals surface area contributed by atoms with Crippen LogP contribution in [0.2, 0.25) is 0 Å². The molecule has 2 saturated heterocycles. The SMILES string of the molecule is C=NC(=N)c1ccc(N2CCN(COCCN3CC[C@@H](C(=O)N(CC)c4ccc(N)c(C(=N)c5ccc(OC(C)C)nc5)n4)C3)[C@@H](C)C2)cc1. The van der Waals surface area contributed by atoms with Crippen LogP contribution in [-0.2, 0) is 9.53 Å². The number of hydrogen-bond acceptors (Lipinski definition) is 11. The molecular formula is C37H50N10O3. The quantitative estimate of drug-likeness (QED) is 0.129. The summed E-state index contributed by atoms with van der Waals surface area (Å²) in [5, 5.41) is 16.6. The highest BCUT2D eigenvalue weighted by Crippen LogP contribution is 2.25. The smallest absolute Gasteiger partial charge is 0.232 e. The number of amidine groups is 1. The number of likely N-dealkylation sites (tertiary alicyclic amines) is 1. The number of nitrogens with zero attached hydrogens (tertiary/aromatic N) is 7. The Labute approximate surface area is 295 Å². The zero-order valence-electron chi connectivity index (χ0n) is 29.6. The van der Waals surface area contributed by atoms with E-state index in [4.69, 9.17) is 31.0 Å². The van der Waals surface area contributed by atoms with Gasteiger partial charge >= 0.3 is 0 Å². The predicted octanol–water partition coefficient (Wildman–Crippen LogP) is 4.15. The van der Waals surface area contributed by atoms with Gasteiger partial charge in [-0.25, -0.2) is 15.0 Å². The molecule has 0 aliphatic carbocycles. The number of carbonyl (C=O) groups excluding carboxylic acids is 1. The Hall–Kier alpha value is -4.72. The molecule has 0 bridgehead atoms. The van der Waals surface area contributed by atoms with Crippen LogP contribution in [0.3, 0.4) is 0 Å². The Balaban J connectivity index is 1.08. The van der Waals surface area contributed by atoms with Crippen molar-refractivity contribution in [2.24, 2.45) is 10.9 Å². The highest BCUT2D eigenvalue weighted by molar-refractivity contribution is 6.12. The molecule has 5 rings (SSSR count). The molecule has 2 fully saturated rings. The number of nitrogens with one attached hydrogen (secondary N) is 2. The molecule has 2 aliphatic heterocycles. The molecule has 266 valence electrons. The molecule has 0 unspecified atom stereocenters. The Kier molecular flexibility index (Phi) is 12.3. The first-order valence-corrected chi connectivity index (χ1v) is 17.3. The molecule has 3 aromatic rings. The minimum atomic E-state index is -0.143. The van der Waals surface area contributed by atoms with Gasteiger partial charge in [0.15, 0.2) is 5.84 Å². The maximum absolute atomic E-state index is 13.7. The number of hydrogen-bond donors (Lipinski definition) is 3. The van der Waals surface area contributed by atoms with Gasteiger partial charge in [-0.3, -0.25) is 25.4 Å². The van der Waals surface area contributed by atoms with Crippen molar-refractivity contribution >= 4 is 41.4 Å². The van der Waals surface area contributed by atoms with Crippen LogP contribution in [0.5, 0.6) is 5.88 Å². The normalized spacial score (nSPS) is 18.3. The standard InChI is InChI=1S/C37H50N10O3/c1-6-47(32-13-12-31(38)35(43-32)34(39)28-9-14-33(42-21-28)50-25(2)3)37(48)29-15-16-44(23-29)19-20-49-24-46-18-17-45(22-26(46)4)30-10-7-27(8-11-30)36(40)41-5/h7-14,21,25-26,29,39-40H,5-6,15-20,22-24,38H2,1-4H3/t26-,29+/m0/s1. The maximum atomic E-state index is 13.7. The number of aromatic nitrogens is 2. The van der Waals surface area contributed by atoms with Crippen molar-refractivity contribution < 1.29 is 14.3 Å². The summed E-state index contributed by atoms with van der Waals surface area (Å²) in [5.41, 5.74) is 9.53. The van der Waals surface area contributed by atoms with E-state index in [1.807, 2.05) is 45.0 Å². The van der Waals surface area contributed by atoms with Crippen LogP contribution >= 0.6 is 0 Å². The third kappa shape index (κ3) is 8.89. The number of anilines is 3. The van der Waals surface area contributed by atoms with Crippen molar-refractivity contribution in [3.63, 3.8) is 0 Å². The minimum absolute atomic E-state index is 0.00267. The molecule has 13 heteroatoms. The molecule has 0 saturated carbocycles. The van der Waals surface area contributed by atoms with Gasteiger partial charge in [-0.05, 0) is 89.8 Å². The fraction of sp³-hybridized carbons (Fsp3) is 0.459. The van der Waals surface area contributed by atoms with Crippen LogP contribution in [0.4, 0.5) is 17.2 Å². The fourth-order valence-corrected chi connectivity index (χ4v) is 6.39. The van der Waals surface area contributed by atoms with Gasteiger partial charge in [0, 0.05) is 74.4 Å². The molecule has 4 heterocycles. The van der Waals surface area contributed by atoms with E-state index in [0.717, 1.165) is 50.4 Å². The van der Waals surface area contributed by atoms with E-state index < -0.39 is 0 Å². The Morgan fingerprint density at radius 2 is 1.84 bits per heavy atom. The lowest BCUT2D eigenvalue weighted by Crippen LogP contribution is -2.52. The Morgan fingerprint density at radius 1 is 1.08 bits per heavy atom. The van der Waals surface area contributed by atoms with Gasteiger partial charge in [-0.15, -0.1) is 0 Å². The van der Waals surface area contributed by atoms with E-state index in [2.05, 4.69) is 38.3 Å². The second kappa shape index (κ2) is 16.8. The van der Waals surface area contributed by atoms with Gasteiger partial charge in [-0.1, -0.05) is 0 Å². The summed E-state index contributed by atoms with van der Waals surface area (Å²) in [6, 6.07) is 15.2. The largest absolute Gasteiger partial charge is 0.475 e. The summed E-state index contributed by atoms with van der Waals surface area (Å²) in [6.07, 6.45) is 2.35. The summed E-state index contributed by atoms with van der Waals surface area (Å²) in [6.45, 7) is 18.0. The number of nitrogens with two attached hydrogens (primary N) is 1. The third-order valence-corrected chi connectivity index (χ3v) is 9.25. The average Bonchev–Trinajstić information content (AvgIpc) is 3.60. The first-order chi connectivity index (χ1) is 24.1. The molecule has 2 aromatic heterocycles. The zero-order chi connectivity index (χ0) is 35.8. The summed E-state index contributed by atoms with van der Waals surface area (Å²) < 4.78 is 11.7. The van der Waals surface area contributed by atoms with Crippen LogP contribution < -0.4 is 20.3 Å². The molecule has 13 nitrogen and oxygen atoms in total. The first-order valence-electron chi connectivity index (χ1n) is 17.3. The molecular weight excluding hydrogens is 632 g/mol. The molecule has 4 N–H and O–H groups in total. The molecule has 50 heavy (non-hydrogen) atoms. The average molecular weight is 683 g/mol. The van der Waals surface area contributed by atoms with E-state index in [1.165, 1.54) is 0 Å². The monoisotopic (exact) mass is 682 g/mol. The van der Waals surface area contributed by atoms with E-state index >= 15 is 0 Å². The first kappa shape index (κ1) is 36.6. The van der Waals surface area contributed by atoms with Crippen LogP contribution in [0.25, 0.3) is 0 Å². The van der Waals surface area contributed by atoms with Crippen LogP contribution in [0.15, 0.2) is 59.7 Å². The molecule has 1 aromatic carbocycles. The predicted molar refractivity (Wildman–Crippen MR) is 199 cm³/mol. The van der Waals surface area contributed by atoms with E-state index in [1.54, 1.807) is 35.4 Å². The van der Waals surface area contributed by atoms with Crippen molar-refractivity contribution in [1.29, 1.82) is 10.8 Å². The number of benzene rings is 1. The second-order valence-corrected chi connectivity index (χ2v) is 13.1. The number of nitrogen functional groups attached to an aromatic ring is 1. The summed E-state index contributed by atoms with van der Waals surface area (Å²) in [7, 11) is 0. The second-order valence-electron chi connectivity index (χ2n) is 13.1. The zero-order valence-corrected chi connectivity index (χ0v) is 29.6. The van der Waals surface area contributed by atoms with E-state index in [-0.39, 0.29) is 29.5 Å². The van der Waals surface area contributed by atoms with Crippen LogP contribution in [-0.4, -0.2) is 115 Å². The highest BCUT2D eigenvalue weighted by Gasteiger charge is 2.32. The van der Waals surface area contributed by atoms with E-state index in [0.29, 0.717) is 61.1 Å². The fourth-order valence-electron chi connectivity index (χ4n) is 6.39. The lowest BCUT2D eigenvalue weighted by atomic mass is 10.1. The van der Waals surface area contributed by atoms with Gasteiger partial charge in [0.1, 0.15) is 11.5 Å².